The van der Waals surface area contributed by atoms with Crippen LogP contribution < -0.4 is 5.32 Å². The Morgan fingerprint density at radius 2 is 2.21 bits per heavy atom. The topological polar surface area (TPSA) is 32.3 Å². The molecule has 0 bridgehead atoms. The Morgan fingerprint density at radius 1 is 1.37 bits per heavy atom. The third kappa shape index (κ3) is 2.32. The average molecular weight is 278 g/mol. The molecule has 4 atom stereocenters. The highest BCUT2D eigenvalue weighted by atomic mass is 32.1. The molecule has 104 valence electrons. The molecule has 0 aromatic carbocycles. The Kier molecular flexibility index (Phi) is 3.63. The summed E-state index contributed by atoms with van der Waals surface area (Å²) in [7, 11) is 0. The molecule has 2 aliphatic rings. The van der Waals surface area contributed by atoms with E-state index < -0.39 is 0 Å². The Balaban J connectivity index is 1.86. The summed E-state index contributed by atoms with van der Waals surface area (Å²) < 4.78 is 0. The second kappa shape index (κ2) is 5.25. The van der Waals surface area contributed by atoms with Crippen LogP contribution in [0.5, 0.6) is 0 Å². The van der Waals surface area contributed by atoms with Crippen LogP contribution in [-0.2, 0) is 4.79 Å². The van der Waals surface area contributed by atoms with E-state index >= 15 is 0 Å². The number of thiophene rings is 1. The number of hydrogen-bond acceptors (Lipinski definition) is 3. The Bertz CT molecular complexity index is 445. The minimum Gasteiger partial charge on any atom is -0.319 e. The Morgan fingerprint density at radius 3 is 2.95 bits per heavy atom. The lowest BCUT2D eigenvalue weighted by Gasteiger charge is -2.42. The van der Waals surface area contributed by atoms with Crippen LogP contribution in [0.2, 0.25) is 0 Å². The quantitative estimate of drug-likeness (QED) is 0.902. The lowest BCUT2D eigenvalue weighted by atomic mass is 9.77. The van der Waals surface area contributed by atoms with Crippen LogP contribution >= 0.6 is 11.3 Å². The Labute approximate surface area is 119 Å². The number of rotatable bonds is 2. The van der Waals surface area contributed by atoms with Crippen LogP contribution in [0.4, 0.5) is 0 Å². The zero-order valence-electron chi connectivity index (χ0n) is 11.6. The number of nitrogens with zero attached hydrogens (tertiary/aromatic N) is 1. The van der Waals surface area contributed by atoms with Gasteiger partial charge in [-0.05, 0) is 40.6 Å². The summed E-state index contributed by atoms with van der Waals surface area (Å²) in [6, 6.07) is 2.53. The van der Waals surface area contributed by atoms with Gasteiger partial charge in [0.15, 0.2) is 0 Å². The lowest BCUT2D eigenvalue weighted by Crippen LogP contribution is -2.46. The molecule has 1 aromatic heterocycles. The molecule has 4 heteroatoms. The molecule has 2 fully saturated rings. The van der Waals surface area contributed by atoms with Gasteiger partial charge < -0.3 is 4.90 Å². The predicted molar refractivity (Wildman–Crippen MR) is 77.9 cm³/mol. The van der Waals surface area contributed by atoms with Crippen molar-refractivity contribution in [1.29, 1.82) is 0 Å². The van der Waals surface area contributed by atoms with Crippen molar-refractivity contribution in [1.82, 2.24) is 10.2 Å². The first-order valence-electron chi connectivity index (χ1n) is 7.25. The second-order valence-electron chi connectivity index (χ2n) is 5.98. The molecule has 1 aliphatic carbocycles. The van der Waals surface area contributed by atoms with Crippen LogP contribution in [0, 0.1) is 11.8 Å². The van der Waals surface area contributed by atoms with E-state index in [9.17, 15) is 4.79 Å². The van der Waals surface area contributed by atoms with Crippen molar-refractivity contribution in [3.05, 3.63) is 22.4 Å². The molecule has 0 spiro atoms. The van der Waals surface area contributed by atoms with Gasteiger partial charge in [-0.15, -0.1) is 0 Å². The van der Waals surface area contributed by atoms with Gasteiger partial charge in [0, 0.05) is 6.04 Å². The summed E-state index contributed by atoms with van der Waals surface area (Å²) in [5.41, 5.74) is 1.24. The van der Waals surface area contributed by atoms with Gasteiger partial charge >= 0.3 is 0 Å². The molecule has 3 nitrogen and oxygen atoms in total. The number of amides is 1. The van der Waals surface area contributed by atoms with Crippen molar-refractivity contribution < 1.29 is 4.79 Å². The summed E-state index contributed by atoms with van der Waals surface area (Å²) in [6.07, 6.45) is 3.79. The van der Waals surface area contributed by atoms with Crippen LogP contribution in [0.15, 0.2) is 16.8 Å². The van der Waals surface area contributed by atoms with E-state index in [1.807, 2.05) is 0 Å². The molecule has 1 amide bonds. The minimum absolute atomic E-state index is 0.0940. The second-order valence-corrected chi connectivity index (χ2v) is 6.76. The number of hydrogen-bond donors (Lipinski definition) is 1. The van der Waals surface area contributed by atoms with Crippen LogP contribution in [0.25, 0.3) is 0 Å². The maximum Gasteiger partial charge on any atom is 0.238 e. The van der Waals surface area contributed by atoms with Crippen LogP contribution in [0.1, 0.15) is 44.8 Å². The maximum atomic E-state index is 12.3. The summed E-state index contributed by atoms with van der Waals surface area (Å²) in [5, 5.41) is 7.62. The van der Waals surface area contributed by atoms with Gasteiger partial charge in [0.2, 0.25) is 5.91 Å². The van der Waals surface area contributed by atoms with E-state index in [0.717, 1.165) is 12.3 Å². The SMILES string of the molecule is CC1CCCC(N2C(=O)CNC2c2ccsc2)C1C. The summed E-state index contributed by atoms with van der Waals surface area (Å²) >= 11 is 1.70. The van der Waals surface area contributed by atoms with Gasteiger partial charge in [0.05, 0.1) is 6.54 Å². The molecule has 1 saturated carbocycles. The van der Waals surface area contributed by atoms with E-state index in [2.05, 4.69) is 40.9 Å². The van der Waals surface area contributed by atoms with Crippen LogP contribution in [0.3, 0.4) is 0 Å². The van der Waals surface area contributed by atoms with Crippen molar-refractivity contribution in [2.75, 3.05) is 6.54 Å². The first kappa shape index (κ1) is 13.1. The van der Waals surface area contributed by atoms with Crippen molar-refractivity contribution in [3.8, 4) is 0 Å². The monoisotopic (exact) mass is 278 g/mol. The fourth-order valence-corrected chi connectivity index (χ4v) is 4.23. The maximum absolute atomic E-state index is 12.3. The lowest BCUT2D eigenvalue weighted by molar-refractivity contribution is -0.132. The Hall–Kier alpha value is -0.870. The number of nitrogens with one attached hydrogen (secondary N) is 1. The van der Waals surface area contributed by atoms with Crippen molar-refractivity contribution >= 4 is 17.2 Å². The highest BCUT2D eigenvalue weighted by molar-refractivity contribution is 7.07. The number of carbonyl (C=O) groups is 1. The third-order valence-corrected chi connectivity index (χ3v) is 5.59. The normalized spacial score (nSPS) is 35.9. The molecule has 2 heterocycles. The van der Waals surface area contributed by atoms with Gasteiger partial charge in [-0.25, -0.2) is 0 Å². The molecule has 1 aliphatic heterocycles. The van der Waals surface area contributed by atoms with Crippen molar-refractivity contribution in [2.24, 2.45) is 11.8 Å². The largest absolute Gasteiger partial charge is 0.319 e. The molecular weight excluding hydrogens is 256 g/mol. The van der Waals surface area contributed by atoms with E-state index in [4.69, 9.17) is 0 Å². The fourth-order valence-electron chi connectivity index (χ4n) is 3.55. The summed E-state index contributed by atoms with van der Waals surface area (Å²) in [6.45, 7) is 5.12. The van der Waals surface area contributed by atoms with Gasteiger partial charge in [-0.3, -0.25) is 10.1 Å². The highest BCUT2D eigenvalue weighted by Crippen LogP contribution is 2.37. The molecule has 19 heavy (non-hydrogen) atoms. The molecule has 1 N–H and O–H groups in total. The van der Waals surface area contributed by atoms with E-state index in [1.54, 1.807) is 11.3 Å². The molecule has 4 unspecified atom stereocenters. The molecule has 0 radical (unpaired) electrons. The van der Waals surface area contributed by atoms with Gasteiger partial charge in [-0.2, -0.15) is 11.3 Å². The minimum atomic E-state index is 0.0940. The van der Waals surface area contributed by atoms with Crippen molar-refractivity contribution in [3.63, 3.8) is 0 Å². The van der Waals surface area contributed by atoms with Gasteiger partial charge in [0.25, 0.3) is 0 Å². The molecular formula is C15H22N2OS. The zero-order valence-corrected chi connectivity index (χ0v) is 12.5. The standard InChI is InChI=1S/C15H22N2OS/c1-10-4-3-5-13(11(10)2)17-14(18)8-16-15(17)12-6-7-19-9-12/h6-7,9-11,13,15-16H,3-5,8H2,1-2H3. The predicted octanol–water partition coefficient (Wildman–Crippen LogP) is 3.00. The van der Waals surface area contributed by atoms with Gasteiger partial charge in [0.1, 0.15) is 6.17 Å². The highest BCUT2D eigenvalue weighted by Gasteiger charge is 2.41. The molecule has 1 saturated heterocycles. The number of carbonyl (C=O) groups excluding carboxylic acids is 1. The van der Waals surface area contributed by atoms with Crippen molar-refractivity contribution in [2.45, 2.75) is 45.3 Å². The van der Waals surface area contributed by atoms with E-state index in [0.29, 0.717) is 18.5 Å². The van der Waals surface area contributed by atoms with E-state index in [-0.39, 0.29) is 12.1 Å². The fraction of sp³-hybridized carbons (Fsp3) is 0.667. The third-order valence-electron chi connectivity index (χ3n) is 4.89. The zero-order chi connectivity index (χ0) is 13.4. The molecule has 3 rings (SSSR count). The summed E-state index contributed by atoms with van der Waals surface area (Å²) in [5.74, 6) is 1.58. The average Bonchev–Trinajstić information content (AvgIpc) is 3.02. The van der Waals surface area contributed by atoms with Crippen LogP contribution in [-0.4, -0.2) is 23.4 Å². The first-order chi connectivity index (χ1) is 9.18. The molecule has 1 aromatic rings. The van der Waals surface area contributed by atoms with E-state index in [1.165, 1.54) is 18.4 Å². The van der Waals surface area contributed by atoms with Gasteiger partial charge in [-0.1, -0.05) is 26.7 Å². The summed E-state index contributed by atoms with van der Waals surface area (Å²) in [4.78, 5) is 14.4. The smallest absolute Gasteiger partial charge is 0.238 e. The first-order valence-corrected chi connectivity index (χ1v) is 8.19.